The maximum Gasteiger partial charge on any atom is 0.253 e. The van der Waals surface area contributed by atoms with Crippen molar-refractivity contribution in [3.63, 3.8) is 0 Å². The molecule has 2 rings (SSSR count). The van der Waals surface area contributed by atoms with Crippen LogP contribution in [-0.2, 0) is 0 Å². The normalized spacial score (nSPS) is 18.2. The third-order valence-corrected chi connectivity index (χ3v) is 4.58. The molecular weight excluding hydrogens is 286 g/mol. The Morgan fingerprint density at radius 1 is 1.00 bits per heavy atom. The molecule has 0 spiro atoms. The number of hydrogen-bond acceptors (Lipinski definition) is 3. The summed E-state index contributed by atoms with van der Waals surface area (Å²) in [6.07, 6.45) is 15.3. The summed E-state index contributed by atoms with van der Waals surface area (Å²) in [6, 6.07) is 5.50. The number of aromatic nitrogens is 1. The third kappa shape index (κ3) is 6.40. The summed E-state index contributed by atoms with van der Waals surface area (Å²) in [6.45, 7) is 0. The van der Waals surface area contributed by atoms with Crippen LogP contribution in [0.25, 0.3) is 0 Å². The second-order valence-electron chi connectivity index (χ2n) is 6.47. The highest BCUT2D eigenvalue weighted by molar-refractivity contribution is 5.94. The zero-order chi connectivity index (χ0) is 16.3. The number of rotatable bonds is 2. The molecule has 0 aromatic carbocycles. The largest absolute Gasteiger partial charge is 0.349 e. The zero-order valence-corrected chi connectivity index (χ0v) is 13.9. The van der Waals surface area contributed by atoms with Crippen LogP contribution in [0.3, 0.4) is 0 Å². The Bertz CT molecular complexity index is 506. The molecule has 1 amide bonds. The summed E-state index contributed by atoms with van der Waals surface area (Å²) < 4.78 is 0. The van der Waals surface area contributed by atoms with Gasteiger partial charge in [-0.25, -0.2) is 4.98 Å². The minimum atomic E-state index is -0.0703. The van der Waals surface area contributed by atoms with Gasteiger partial charge in [0.25, 0.3) is 5.91 Å². The van der Waals surface area contributed by atoms with Crippen molar-refractivity contribution in [2.24, 2.45) is 0 Å². The Labute approximate surface area is 139 Å². The summed E-state index contributed by atoms with van der Waals surface area (Å²) in [5, 5.41) is 11.9. The number of carbonyl (C=O) groups is 1. The van der Waals surface area contributed by atoms with Crippen LogP contribution in [0.1, 0.15) is 86.7 Å². The molecule has 0 atom stereocenters. The highest BCUT2D eigenvalue weighted by Gasteiger charge is 2.14. The molecule has 0 radical (unpaired) electrons. The van der Waals surface area contributed by atoms with E-state index in [2.05, 4.69) is 10.3 Å². The average molecular weight is 313 g/mol. The predicted octanol–water partition coefficient (Wildman–Crippen LogP) is 4.36. The van der Waals surface area contributed by atoms with Crippen LogP contribution in [-0.4, -0.2) is 16.9 Å². The monoisotopic (exact) mass is 313 g/mol. The predicted molar refractivity (Wildman–Crippen MR) is 91.0 cm³/mol. The van der Waals surface area contributed by atoms with E-state index in [4.69, 9.17) is 5.26 Å². The Morgan fingerprint density at radius 3 is 2.04 bits per heavy atom. The van der Waals surface area contributed by atoms with E-state index in [0.717, 1.165) is 12.8 Å². The van der Waals surface area contributed by atoms with Gasteiger partial charge in [0, 0.05) is 12.2 Å². The Kier molecular flexibility index (Phi) is 7.59. The van der Waals surface area contributed by atoms with E-state index < -0.39 is 0 Å². The standard InChI is InChI=1S/C19H27N3O/c20-14-18-13-12-16(15-21-18)19(23)22-17-10-8-6-4-2-1-3-5-7-9-11-17/h12-13,15,17H,1-11H2,(H,22,23). The fraction of sp³-hybridized carbons (Fsp3) is 0.632. The Morgan fingerprint density at radius 2 is 1.57 bits per heavy atom. The van der Waals surface area contributed by atoms with Gasteiger partial charge in [-0.05, 0) is 25.0 Å². The van der Waals surface area contributed by atoms with Gasteiger partial charge < -0.3 is 5.32 Å². The highest BCUT2D eigenvalue weighted by Crippen LogP contribution is 2.17. The number of nitrogens with one attached hydrogen (secondary N) is 1. The molecule has 0 aliphatic heterocycles. The lowest BCUT2D eigenvalue weighted by atomic mass is 9.98. The van der Waals surface area contributed by atoms with Crippen molar-refractivity contribution in [3.8, 4) is 6.07 Å². The summed E-state index contributed by atoms with van der Waals surface area (Å²) in [5.74, 6) is -0.0703. The van der Waals surface area contributed by atoms with Gasteiger partial charge in [-0.15, -0.1) is 0 Å². The molecule has 1 aliphatic rings. The van der Waals surface area contributed by atoms with Gasteiger partial charge in [-0.2, -0.15) is 5.26 Å². The molecule has 1 N–H and O–H groups in total. The summed E-state index contributed by atoms with van der Waals surface area (Å²) in [4.78, 5) is 16.3. The second kappa shape index (κ2) is 9.99. The first-order valence-corrected chi connectivity index (χ1v) is 8.96. The molecule has 1 aromatic rings. The molecule has 4 heteroatoms. The lowest BCUT2D eigenvalue weighted by Crippen LogP contribution is -2.35. The summed E-state index contributed by atoms with van der Waals surface area (Å²) >= 11 is 0. The van der Waals surface area contributed by atoms with E-state index in [1.165, 1.54) is 64.0 Å². The first kappa shape index (κ1) is 17.5. The lowest BCUT2D eigenvalue weighted by molar-refractivity contribution is 0.0931. The van der Waals surface area contributed by atoms with Crippen LogP contribution in [0.15, 0.2) is 18.3 Å². The van der Waals surface area contributed by atoms with Crippen molar-refractivity contribution in [2.75, 3.05) is 0 Å². The van der Waals surface area contributed by atoms with E-state index in [-0.39, 0.29) is 11.9 Å². The van der Waals surface area contributed by atoms with E-state index in [1.807, 2.05) is 6.07 Å². The lowest BCUT2D eigenvalue weighted by Gasteiger charge is -2.19. The van der Waals surface area contributed by atoms with Crippen LogP contribution < -0.4 is 5.32 Å². The number of pyridine rings is 1. The van der Waals surface area contributed by atoms with Gasteiger partial charge in [0.2, 0.25) is 0 Å². The third-order valence-electron chi connectivity index (χ3n) is 4.58. The van der Waals surface area contributed by atoms with Crippen LogP contribution >= 0.6 is 0 Å². The SMILES string of the molecule is N#Cc1ccc(C(=O)NC2CCCCCCCCCCC2)cn1. The second-order valence-corrected chi connectivity index (χ2v) is 6.47. The fourth-order valence-electron chi connectivity index (χ4n) is 3.17. The highest BCUT2D eigenvalue weighted by atomic mass is 16.1. The van der Waals surface area contributed by atoms with Crippen molar-refractivity contribution >= 4 is 5.91 Å². The van der Waals surface area contributed by atoms with Crippen molar-refractivity contribution < 1.29 is 4.79 Å². The maximum absolute atomic E-state index is 12.4. The quantitative estimate of drug-likeness (QED) is 0.882. The van der Waals surface area contributed by atoms with Gasteiger partial charge in [0.1, 0.15) is 11.8 Å². The van der Waals surface area contributed by atoms with Crippen molar-refractivity contribution in [1.29, 1.82) is 5.26 Å². The van der Waals surface area contributed by atoms with Gasteiger partial charge >= 0.3 is 0 Å². The van der Waals surface area contributed by atoms with E-state index in [0.29, 0.717) is 11.3 Å². The molecule has 4 nitrogen and oxygen atoms in total. The van der Waals surface area contributed by atoms with Gasteiger partial charge in [0.05, 0.1) is 5.56 Å². The first-order chi connectivity index (χ1) is 11.3. The van der Waals surface area contributed by atoms with Crippen LogP contribution in [0.5, 0.6) is 0 Å². The minimum Gasteiger partial charge on any atom is -0.349 e. The molecule has 1 aliphatic carbocycles. The molecule has 0 unspecified atom stereocenters. The smallest absolute Gasteiger partial charge is 0.253 e. The number of hydrogen-bond donors (Lipinski definition) is 1. The van der Waals surface area contributed by atoms with E-state index in [1.54, 1.807) is 12.1 Å². The van der Waals surface area contributed by atoms with Gasteiger partial charge in [0.15, 0.2) is 0 Å². The van der Waals surface area contributed by atoms with Crippen molar-refractivity contribution in [1.82, 2.24) is 10.3 Å². The average Bonchev–Trinajstić information content (AvgIpc) is 2.57. The molecule has 1 saturated carbocycles. The summed E-state index contributed by atoms with van der Waals surface area (Å²) in [5.41, 5.74) is 0.877. The minimum absolute atomic E-state index is 0.0703. The summed E-state index contributed by atoms with van der Waals surface area (Å²) in [7, 11) is 0. The molecule has 0 saturated heterocycles. The topological polar surface area (TPSA) is 65.8 Å². The zero-order valence-electron chi connectivity index (χ0n) is 13.9. The van der Waals surface area contributed by atoms with Crippen LogP contribution in [0, 0.1) is 11.3 Å². The fourth-order valence-corrected chi connectivity index (χ4v) is 3.17. The molecule has 0 bridgehead atoms. The molecular formula is C19H27N3O. The molecule has 1 heterocycles. The molecule has 124 valence electrons. The van der Waals surface area contributed by atoms with Crippen molar-refractivity contribution in [3.05, 3.63) is 29.6 Å². The van der Waals surface area contributed by atoms with E-state index in [9.17, 15) is 4.79 Å². The van der Waals surface area contributed by atoms with Crippen molar-refractivity contribution in [2.45, 2.75) is 76.7 Å². The number of carbonyl (C=O) groups excluding carboxylic acids is 1. The molecule has 1 aromatic heterocycles. The van der Waals surface area contributed by atoms with Gasteiger partial charge in [-0.3, -0.25) is 4.79 Å². The number of amides is 1. The maximum atomic E-state index is 12.4. The Balaban J connectivity index is 1.88. The Hall–Kier alpha value is -1.89. The number of nitrogens with zero attached hydrogens (tertiary/aromatic N) is 2. The van der Waals surface area contributed by atoms with Crippen LogP contribution in [0.2, 0.25) is 0 Å². The van der Waals surface area contributed by atoms with Gasteiger partial charge in [-0.1, -0.05) is 57.8 Å². The molecule has 23 heavy (non-hydrogen) atoms. The molecule has 1 fully saturated rings. The van der Waals surface area contributed by atoms with Crippen LogP contribution in [0.4, 0.5) is 0 Å². The first-order valence-electron chi connectivity index (χ1n) is 8.96. The van der Waals surface area contributed by atoms with E-state index >= 15 is 0 Å². The number of nitriles is 1.